The first-order valence-electron chi connectivity index (χ1n) is 6.15. The maximum absolute atomic E-state index is 11.6. The summed E-state index contributed by atoms with van der Waals surface area (Å²) in [4.78, 5) is 24.8. The number of amides is 3. The van der Waals surface area contributed by atoms with E-state index in [-0.39, 0.29) is 12.5 Å². The van der Waals surface area contributed by atoms with Gasteiger partial charge in [-0.05, 0) is 13.3 Å². The van der Waals surface area contributed by atoms with E-state index < -0.39 is 6.03 Å². The number of piperazine rings is 1. The van der Waals surface area contributed by atoms with Gasteiger partial charge in [-0.2, -0.15) is 0 Å². The molecule has 1 rings (SSSR count). The molecule has 0 aromatic rings. The fourth-order valence-corrected chi connectivity index (χ4v) is 1.81. The monoisotopic (exact) mass is 242 g/mol. The van der Waals surface area contributed by atoms with Gasteiger partial charge in [0.1, 0.15) is 0 Å². The number of carbonyl (C=O) groups excluding carboxylic acids is 2. The van der Waals surface area contributed by atoms with Crippen molar-refractivity contribution in [1.82, 2.24) is 20.9 Å². The van der Waals surface area contributed by atoms with E-state index in [0.29, 0.717) is 12.6 Å². The Kier molecular flexibility index (Phi) is 5.93. The van der Waals surface area contributed by atoms with Crippen molar-refractivity contribution in [2.24, 2.45) is 0 Å². The van der Waals surface area contributed by atoms with Crippen LogP contribution in [0.15, 0.2) is 0 Å². The summed E-state index contributed by atoms with van der Waals surface area (Å²) in [5.41, 5.74) is 0. The van der Waals surface area contributed by atoms with Crippen LogP contribution in [0.25, 0.3) is 0 Å². The molecule has 6 heteroatoms. The summed E-state index contributed by atoms with van der Waals surface area (Å²) in [7, 11) is 0. The first kappa shape index (κ1) is 13.9. The predicted octanol–water partition coefficient (Wildman–Crippen LogP) is -0.484. The SMILES string of the molecule is CCCNC(=O)NC(=O)CN1CCNC(C)C1. The minimum Gasteiger partial charge on any atom is -0.338 e. The average Bonchev–Trinajstić information content (AvgIpc) is 2.26. The van der Waals surface area contributed by atoms with Crippen LogP contribution < -0.4 is 16.0 Å². The Balaban J connectivity index is 2.21. The van der Waals surface area contributed by atoms with Crippen molar-refractivity contribution in [2.75, 3.05) is 32.7 Å². The minimum absolute atomic E-state index is 0.243. The van der Waals surface area contributed by atoms with Crippen LogP contribution >= 0.6 is 0 Å². The molecule has 1 unspecified atom stereocenters. The van der Waals surface area contributed by atoms with Crippen LogP contribution in [0.1, 0.15) is 20.3 Å². The molecule has 3 N–H and O–H groups in total. The largest absolute Gasteiger partial charge is 0.338 e. The quantitative estimate of drug-likeness (QED) is 0.622. The van der Waals surface area contributed by atoms with Crippen molar-refractivity contribution < 1.29 is 9.59 Å². The molecule has 98 valence electrons. The number of carbonyl (C=O) groups is 2. The molecular weight excluding hydrogens is 220 g/mol. The van der Waals surface area contributed by atoms with Crippen LogP contribution in [-0.2, 0) is 4.79 Å². The topological polar surface area (TPSA) is 73.5 Å². The van der Waals surface area contributed by atoms with Gasteiger partial charge >= 0.3 is 6.03 Å². The Morgan fingerprint density at radius 3 is 2.88 bits per heavy atom. The fraction of sp³-hybridized carbons (Fsp3) is 0.818. The van der Waals surface area contributed by atoms with Gasteiger partial charge in [0, 0.05) is 32.2 Å². The van der Waals surface area contributed by atoms with Crippen LogP contribution in [0.2, 0.25) is 0 Å². The molecule has 1 aliphatic rings. The maximum atomic E-state index is 11.6. The highest BCUT2D eigenvalue weighted by Gasteiger charge is 2.18. The second kappa shape index (κ2) is 7.24. The van der Waals surface area contributed by atoms with Crippen LogP contribution in [0.5, 0.6) is 0 Å². The summed E-state index contributed by atoms with van der Waals surface area (Å²) in [6.07, 6.45) is 0.858. The average molecular weight is 242 g/mol. The Morgan fingerprint density at radius 2 is 2.24 bits per heavy atom. The van der Waals surface area contributed by atoms with Crippen LogP contribution in [0.3, 0.4) is 0 Å². The number of imide groups is 1. The Bertz CT molecular complexity index is 270. The van der Waals surface area contributed by atoms with E-state index in [1.54, 1.807) is 0 Å². The summed E-state index contributed by atoms with van der Waals surface area (Å²) in [5.74, 6) is -0.243. The molecule has 1 fully saturated rings. The summed E-state index contributed by atoms with van der Waals surface area (Å²) < 4.78 is 0. The zero-order valence-corrected chi connectivity index (χ0v) is 10.6. The molecule has 1 saturated heterocycles. The van der Waals surface area contributed by atoms with Crippen molar-refractivity contribution in [1.29, 1.82) is 0 Å². The minimum atomic E-state index is -0.403. The molecule has 0 aromatic carbocycles. The van der Waals surface area contributed by atoms with E-state index in [9.17, 15) is 9.59 Å². The van der Waals surface area contributed by atoms with Gasteiger partial charge in [0.15, 0.2) is 0 Å². The summed E-state index contributed by atoms with van der Waals surface area (Å²) in [6.45, 7) is 7.48. The lowest BCUT2D eigenvalue weighted by Gasteiger charge is -2.31. The molecule has 0 aromatic heterocycles. The molecule has 17 heavy (non-hydrogen) atoms. The van der Waals surface area contributed by atoms with E-state index in [1.807, 2.05) is 11.8 Å². The highest BCUT2D eigenvalue weighted by atomic mass is 16.2. The molecule has 0 bridgehead atoms. The van der Waals surface area contributed by atoms with E-state index in [2.05, 4.69) is 22.9 Å². The highest BCUT2D eigenvalue weighted by molar-refractivity contribution is 5.95. The van der Waals surface area contributed by atoms with Crippen LogP contribution in [0, 0.1) is 0 Å². The van der Waals surface area contributed by atoms with Gasteiger partial charge in [-0.25, -0.2) is 4.79 Å². The van der Waals surface area contributed by atoms with Gasteiger partial charge in [-0.1, -0.05) is 6.92 Å². The zero-order valence-electron chi connectivity index (χ0n) is 10.6. The lowest BCUT2D eigenvalue weighted by molar-refractivity contribution is -0.121. The van der Waals surface area contributed by atoms with Gasteiger partial charge in [-0.15, -0.1) is 0 Å². The van der Waals surface area contributed by atoms with Crippen molar-refractivity contribution in [2.45, 2.75) is 26.3 Å². The maximum Gasteiger partial charge on any atom is 0.321 e. The van der Waals surface area contributed by atoms with Gasteiger partial charge in [0.05, 0.1) is 6.54 Å². The van der Waals surface area contributed by atoms with E-state index in [0.717, 1.165) is 26.1 Å². The van der Waals surface area contributed by atoms with Gasteiger partial charge in [0.2, 0.25) is 5.91 Å². The standard InChI is InChI=1S/C11H22N4O2/c1-3-4-13-11(17)14-10(16)8-15-6-5-12-9(2)7-15/h9,12H,3-8H2,1-2H3,(H2,13,14,16,17). The van der Waals surface area contributed by atoms with E-state index in [1.165, 1.54) is 0 Å². The Hall–Kier alpha value is -1.14. The smallest absolute Gasteiger partial charge is 0.321 e. The molecule has 0 radical (unpaired) electrons. The molecule has 1 aliphatic heterocycles. The first-order chi connectivity index (χ1) is 8.11. The van der Waals surface area contributed by atoms with Crippen molar-refractivity contribution in [3.8, 4) is 0 Å². The third-order valence-electron chi connectivity index (χ3n) is 2.61. The third kappa shape index (κ3) is 5.65. The summed E-state index contributed by atoms with van der Waals surface area (Å²) in [5, 5.41) is 8.23. The Morgan fingerprint density at radius 1 is 1.47 bits per heavy atom. The number of nitrogens with zero attached hydrogens (tertiary/aromatic N) is 1. The molecule has 6 nitrogen and oxygen atoms in total. The predicted molar refractivity (Wildman–Crippen MR) is 65.7 cm³/mol. The number of hydrogen-bond acceptors (Lipinski definition) is 4. The Labute approximate surface area is 102 Å². The second-order valence-electron chi connectivity index (χ2n) is 4.39. The molecule has 0 spiro atoms. The van der Waals surface area contributed by atoms with Crippen molar-refractivity contribution in [3.05, 3.63) is 0 Å². The molecule has 1 atom stereocenters. The molecule has 3 amide bonds. The lowest BCUT2D eigenvalue weighted by atomic mass is 10.2. The zero-order chi connectivity index (χ0) is 12.7. The first-order valence-corrected chi connectivity index (χ1v) is 6.15. The number of hydrogen-bond donors (Lipinski definition) is 3. The molecule has 0 saturated carbocycles. The molecular formula is C11H22N4O2. The molecule has 1 heterocycles. The highest BCUT2D eigenvalue weighted by Crippen LogP contribution is 1.97. The van der Waals surface area contributed by atoms with Crippen molar-refractivity contribution >= 4 is 11.9 Å². The third-order valence-corrected chi connectivity index (χ3v) is 2.61. The van der Waals surface area contributed by atoms with Gasteiger partial charge in [0.25, 0.3) is 0 Å². The second-order valence-corrected chi connectivity index (χ2v) is 4.39. The van der Waals surface area contributed by atoms with Gasteiger partial charge in [-0.3, -0.25) is 15.0 Å². The molecule has 0 aliphatic carbocycles. The summed E-state index contributed by atoms with van der Waals surface area (Å²) in [6, 6.07) is -0.00880. The number of nitrogens with one attached hydrogen (secondary N) is 3. The normalized spacial score (nSPS) is 20.9. The summed E-state index contributed by atoms with van der Waals surface area (Å²) >= 11 is 0. The number of rotatable bonds is 4. The number of urea groups is 1. The van der Waals surface area contributed by atoms with Crippen molar-refractivity contribution in [3.63, 3.8) is 0 Å². The lowest BCUT2D eigenvalue weighted by Crippen LogP contribution is -2.53. The fourth-order valence-electron chi connectivity index (χ4n) is 1.81. The van der Waals surface area contributed by atoms with Crippen LogP contribution in [-0.4, -0.2) is 55.6 Å². The van der Waals surface area contributed by atoms with Gasteiger partial charge < -0.3 is 10.6 Å². The van der Waals surface area contributed by atoms with E-state index >= 15 is 0 Å². The van der Waals surface area contributed by atoms with E-state index in [4.69, 9.17) is 0 Å². The van der Waals surface area contributed by atoms with Crippen LogP contribution in [0.4, 0.5) is 4.79 Å².